The van der Waals surface area contributed by atoms with Crippen molar-refractivity contribution in [1.29, 1.82) is 0 Å². The predicted molar refractivity (Wildman–Crippen MR) is 64.3 cm³/mol. The molecule has 1 heterocycles. The molecule has 4 nitrogen and oxygen atoms in total. The Balaban J connectivity index is 2.11. The van der Waals surface area contributed by atoms with E-state index in [9.17, 15) is 4.79 Å². The fourth-order valence-electron chi connectivity index (χ4n) is 1.78. The third kappa shape index (κ3) is 5.28. The molecule has 1 rings (SSSR count). The Kier molecular flexibility index (Phi) is 6.11. The fraction of sp³-hybridized carbons (Fsp3) is 0.750. The first-order valence-electron chi connectivity index (χ1n) is 5.95. The molecule has 0 radical (unpaired) electrons. The monoisotopic (exact) mass is 226 g/mol. The molecule has 1 aliphatic heterocycles. The van der Waals surface area contributed by atoms with Crippen molar-refractivity contribution < 1.29 is 9.53 Å². The first-order chi connectivity index (χ1) is 7.72. The molecule has 0 aromatic rings. The molecule has 1 fully saturated rings. The van der Waals surface area contributed by atoms with Gasteiger partial charge in [0.25, 0.3) is 0 Å². The van der Waals surface area contributed by atoms with Crippen LogP contribution in [0.1, 0.15) is 26.2 Å². The van der Waals surface area contributed by atoms with Crippen molar-refractivity contribution in [2.45, 2.75) is 38.3 Å². The molecule has 0 aromatic heterocycles. The highest BCUT2D eigenvalue weighted by atomic mass is 16.5. The minimum Gasteiger partial charge on any atom is -0.368 e. The van der Waals surface area contributed by atoms with E-state index in [1.54, 1.807) is 6.08 Å². The minimum atomic E-state index is -0.0344. The summed E-state index contributed by atoms with van der Waals surface area (Å²) in [6, 6.07) is 0.140. The Morgan fingerprint density at radius 1 is 1.62 bits per heavy atom. The maximum atomic E-state index is 11.5. The molecule has 0 aromatic carbocycles. The van der Waals surface area contributed by atoms with Crippen molar-refractivity contribution in [2.24, 2.45) is 0 Å². The van der Waals surface area contributed by atoms with Crippen LogP contribution in [0.2, 0.25) is 0 Å². The van der Waals surface area contributed by atoms with E-state index in [0.717, 1.165) is 32.4 Å². The van der Waals surface area contributed by atoms with Gasteiger partial charge >= 0.3 is 0 Å². The van der Waals surface area contributed by atoms with Gasteiger partial charge in [0.15, 0.2) is 0 Å². The molecule has 0 aliphatic carbocycles. The molecule has 2 N–H and O–H groups in total. The van der Waals surface area contributed by atoms with Gasteiger partial charge in [0.1, 0.15) is 6.61 Å². The van der Waals surface area contributed by atoms with Crippen molar-refractivity contribution >= 4 is 5.91 Å². The van der Waals surface area contributed by atoms with Crippen molar-refractivity contribution in [3.05, 3.63) is 12.7 Å². The van der Waals surface area contributed by atoms with E-state index in [-0.39, 0.29) is 24.7 Å². The normalized spacial score (nSPS) is 19.1. The highest BCUT2D eigenvalue weighted by molar-refractivity contribution is 5.77. The molecular formula is C12H22N2O2. The number of carbonyl (C=O) groups is 1. The van der Waals surface area contributed by atoms with Crippen LogP contribution in [0.3, 0.4) is 0 Å². The first-order valence-corrected chi connectivity index (χ1v) is 5.95. The van der Waals surface area contributed by atoms with Gasteiger partial charge in [-0.3, -0.25) is 4.79 Å². The van der Waals surface area contributed by atoms with Gasteiger partial charge < -0.3 is 15.4 Å². The molecular weight excluding hydrogens is 204 g/mol. The van der Waals surface area contributed by atoms with Crippen molar-refractivity contribution in [2.75, 3.05) is 19.7 Å². The molecule has 0 spiro atoms. The second kappa shape index (κ2) is 7.41. The molecule has 92 valence electrons. The number of ether oxygens (including phenoxy) is 1. The minimum absolute atomic E-state index is 0.0344. The van der Waals surface area contributed by atoms with Crippen molar-refractivity contribution in [1.82, 2.24) is 10.6 Å². The highest BCUT2D eigenvalue weighted by Gasteiger charge is 2.15. The average Bonchev–Trinajstić information content (AvgIpc) is 2.28. The zero-order chi connectivity index (χ0) is 11.8. The maximum absolute atomic E-state index is 11.5. The number of carbonyl (C=O) groups excluding carboxylic acids is 1. The van der Waals surface area contributed by atoms with Gasteiger partial charge in [-0.25, -0.2) is 0 Å². The lowest BCUT2D eigenvalue weighted by Crippen LogP contribution is -2.38. The summed E-state index contributed by atoms with van der Waals surface area (Å²) in [5, 5.41) is 6.13. The van der Waals surface area contributed by atoms with E-state index in [1.807, 2.05) is 6.92 Å². The van der Waals surface area contributed by atoms with E-state index >= 15 is 0 Å². The van der Waals surface area contributed by atoms with Gasteiger partial charge in [0.05, 0.1) is 6.10 Å². The zero-order valence-electron chi connectivity index (χ0n) is 10.00. The molecule has 1 aliphatic rings. The van der Waals surface area contributed by atoms with E-state index < -0.39 is 0 Å². The summed E-state index contributed by atoms with van der Waals surface area (Å²) >= 11 is 0. The third-order valence-corrected chi connectivity index (χ3v) is 2.66. The van der Waals surface area contributed by atoms with Crippen molar-refractivity contribution in [3.8, 4) is 0 Å². The topological polar surface area (TPSA) is 50.4 Å². The summed E-state index contributed by atoms with van der Waals surface area (Å²) in [6.45, 7) is 7.74. The van der Waals surface area contributed by atoms with Crippen LogP contribution >= 0.6 is 0 Å². The molecule has 0 bridgehead atoms. The van der Waals surface area contributed by atoms with E-state index in [2.05, 4.69) is 17.2 Å². The van der Waals surface area contributed by atoms with Crippen LogP contribution in [0, 0.1) is 0 Å². The summed E-state index contributed by atoms with van der Waals surface area (Å²) in [5.41, 5.74) is 0. The van der Waals surface area contributed by atoms with Crippen LogP contribution in [0.5, 0.6) is 0 Å². The van der Waals surface area contributed by atoms with Crippen molar-refractivity contribution in [3.63, 3.8) is 0 Å². The second-order valence-corrected chi connectivity index (χ2v) is 4.25. The van der Waals surface area contributed by atoms with Gasteiger partial charge in [0, 0.05) is 6.04 Å². The Hall–Kier alpha value is -0.870. The van der Waals surface area contributed by atoms with Crippen LogP contribution < -0.4 is 10.6 Å². The quantitative estimate of drug-likeness (QED) is 0.660. The third-order valence-electron chi connectivity index (χ3n) is 2.66. The van der Waals surface area contributed by atoms with Crippen LogP contribution in [-0.4, -0.2) is 37.7 Å². The molecule has 16 heavy (non-hydrogen) atoms. The van der Waals surface area contributed by atoms with E-state index in [1.165, 1.54) is 0 Å². The van der Waals surface area contributed by atoms with Crippen LogP contribution in [0.4, 0.5) is 0 Å². The van der Waals surface area contributed by atoms with Crippen LogP contribution in [0.15, 0.2) is 12.7 Å². The van der Waals surface area contributed by atoms with Gasteiger partial charge in [-0.1, -0.05) is 6.08 Å². The lowest BCUT2D eigenvalue weighted by atomic mass is 10.1. The Morgan fingerprint density at radius 2 is 2.31 bits per heavy atom. The van der Waals surface area contributed by atoms with Gasteiger partial charge in [0.2, 0.25) is 5.91 Å². The maximum Gasteiger partial charge on any atom is 0.246 e. The summed E-state index contributed by atoms with van der Waals surface area (Å²) in [6.07, 6.45) is 4.82. The van der Waals surface area contributed by atoms with Crippen LogP contribution in [-0.2, 0) is 9.53 Å². The van der Waals surface area contributed by atoms with Gasteiger partial charge in [-0.15, -0.1) is 6.58 Å². The molecule has 4 heteroatoms. The Labute approximate surface area is 97.4 Å². The number of piperidine rings is 1. The largest absolute Gasteiger partial charge is 0.368 e. The Morgan fingerprint density at radius 3 is 2.94 bits per heavy atom. The van der Waals surface area contributed by atoms with Crippen LogP contribution in [0.25, 0.3) is 0 Å². The SMILES string of the molecule is C=CCC(C)NC(=O)COC1CCNCC1. The van der Waals surface area contributed by atoms with Gasteiger partial charge in [-0.05, 0) is 39.3 Å². The summed E-state index contributed by atoms with van der Waals surface area (Å²) in [4.78, 5) is 11.5. The number of nitrogens with one attached hydrogen (secondary N) is 2. The lowest BCUT2D eigenvalue weighted by Gasteiger charge is -2.23. The van der Waals surface area contributed by atoms with E-state index in [0.29, 0.717) is 0 Å². The molecule has 1 amide bonds. The zero-order valence-corrected chi connectivity index (χ0v) is 10.00. The number of amides is 1. The fourth-order valence-corrected chi connectivity index (χ4v) is 1.78. The lowest BCUT2D eigenvalue weighted by molar-refractivity contribution is -0.128. The first kappa shape index (κ1) is 13.2. The molecule has 0 saturated carbocycles. The second-order valence-electron chi connectivity index (χ2n) is 4.25. The molecule has 1 atom stereocenters. The molecule has 1 saturated heterocycles. The summed E-state index contributed by atoms with van der Waals surface area (Å²) in [7, 11) is 0. The highest BCUT2D eigenvalue weighted by Crippen LogP contribution is 2.06. The smallest absolute Gasteiger partial charge is 0.246 e. The Bertz CT molecular complexity index is 225. The van der Waals surface area contributed by atoms with Gasteiger partial charge in [-0.2, -0.15) is 0 Å². The van der Waals surface area contributed by atoms with E-state index in [4.69, 9.17) is 4.74 Å². The summed E-state index contributed by atoms with van der Waals surface area (Å²) < 4.78 is 5.55. The average molecular weight is 226 g/mol. The summed E-state index contributed by atoms with van der Waals surface area (Å²) in [5.74, 6) is -0.0344. The predicted octanol–water partition coefficient (Wildman–Crippen LogP) is 0.836. The molecule has 1 unspecified atom stereocenters. The number of hydrogen-bond donors (Lipinski definition) is 2. The number of hydrogen-bond acceptors (Lipinski definition) is 3. The number of rotatable bonds is 6. The standard InChI is InChI=1S/C12H22N2O2/c1-3-4-10(2)14-12(15)9-16-11-5-7-13-8-6-11/h3,10-11,13H,1,4-9H2,2H3,(H,14,15).